The molecular formula is C21H31N3O8-4. The topological polar surface area (TPSA) is 170 Å². The Morgan fingerprint density at radius 2 is 1.22 bits per heavy atom. The van der Waals surface area contributed by atoms with E-state index in [1.807, 2.05) is 0 Å². The summed E-state index contributed by atoms with van der Waals surface area (Å²) in [6.45, 7) is 3.28. The highest BCUT2D eigenvalue weighted by molar-refractivity contribution is 5.72. The Morgan fingerprint density at radius 3 is 1.50 bits per heavy atom. The van der Waals surface area contributed by atoms with E-state index in [0.29, 0.717) is 12.8 Å². The van der Waals surface area contributed by atoms with Gasteiger partial charge in [0.05, 0.1) is 23.9 Å². The summed E-state index contributed by atoms with van der Waals surface area (Å²) in [6.07, 6.45) is 3.13. The van der Waals surface area contributed by atoms with E-state index >= 15 is 0 Å². The number of hydrogen-bond donors (Lipinski definition) is 0. The van der Waals surface area contributed by atoms with Crippen LogP contribution in [-0.4, -0.2) is 94.5 Å². The SMILES string of the molecule is CCC1(N(CC(=O)[O-])CC(=O)[O-])CN(C(C)C(=O)[O-])C2CCCCC2N(C(C)C(=O)[O-])C1. The highest BCUT2D eigenvalue weighted by Crippen LogP contribution is 2.37. The predicted molar refractivity (Wildman–Crippen MR) is 103 cm³/mol. The smallest absolute Gasteiger partial charge is 0.0583 e. The zero-order valence-corrected chi connectivity index (χ0v) is 18.8. The summed E-state index contributed by atoms with van der Waals surface area (Å²) in [5.74, 6) is -5.63. The number of rotatable bonds is 10. The van der Waals surface area contributed by atoms with Crippen molar-refractivity contribution in [3.05, 3.63) is 0 Å². The van der Waals surface area contributed by atoms with Crippen molar-refractivity contribution in [3.63, 3.8) is 0 Å². The maximum Gasteiger partial charge on any atom is 0.0583 e. The van der Waals surface area contributed by atoms with Crippen LogP contribution >= 0.6 is 0 Å². The van der Waals surface area contributed by atoms with E-state index in [9.17, 15) is 39.6 Å². The van der Waals surface area contributed by atoms with Crippen LogP contribution in [0.4, 0.5) is 0 Å². The Kier molecular flexibility index (Phi) is 8.60. The van der Waals surface area contributed by atoms with E-state index in [1.165, 1.54) is 18.7 Å². The number of carboxylic acid groups (broad SMARTS) is 4. The monoisotopic (exact) mass is 453 g/mol. The number of nitrogens with zero attached hydrogens (tertiary/aromatic N) is 3. The normalized spacial score (nSPS) is 29.0. The molecule has 182 valence electrons. The van der Waals surface area contributed by atoms with Crippen LogP contribution in [0, 0.1) is 0 Å². The molecule has 0 amide bonds. The highest BCUT2D eigenvalue weighted by Gasteiger charge is 2.49. The zero-order chi connectivity index (χ0) is 24.2. The van der Waals surface area contributed by atoms with Gasteiger partial charge in [-0.05, 0) is 33.1 Å². The molecule has 1 saturated heterocycles. The fourth-order valence-corrected chi connectivity index (χ4v) is 5.30. The second-order valence-electron chi connectivity index (χ2n) is 8.93. The van der Waals surface area contributed by atoms with Gasteiger partial charge in [-0.15, -0.1) is 0 Å². The molecular weight excluding hydrogens is 422 g/mol. The number of carbonyl (C=O) groups is 4. The van der Waals surface area contributed by atoms with Crippen molar-refractivity contribution in [1.29, 1.82) is 0 Å². The lowest BCUT2D eigenvalue weighted by Gasteiger charge is -2.48. The quantitative estimate of drug-likeness (QED) is 0.311. The maximum atomic E-state index is 11.8. The van der Waals surface area contributed by atoms with E-state index in [0.717, 1.165) is 12.8 Å². The molecule has 1 aliphatic carbocycles. The van der Waals surface area contributed by atoms with Crippen molar-refractivity contribution >= 4 is 23.9 Å². The number of carboxylic acids is 4. The minimum atomic E-state index is -1.50. The first kappa shape index (κ1) is 26.0. The van der Waals surface area contributed by atoms with E-state index in [2.05, 4.69) is 0 Å². The van der Waals surface area contributed by atoms with E-state index in [-0.39, 0.29) is 31.6 Å². The fourth-order valence-electron chi connectivity index (χ4n) is 5.30. The number of fused-ring (bicyclic) bond motifs is 1. The van der Waals surface area contributed by atoms with E-state index in [1.54, 1.807) is 16.7 Å². The third-order valence-corrected chi connectivity index (χ3v) is 7.15. The van der Waals surface area contributed by atoms with Gasteiger partial charge in [0.25, 0.3) is 0 Å². The van der Waals surface area contributed by atoms with Gasteiger partial charge in [0, 0.05) is 55.9 Å². The summed E-state index contributed by atoms with van der Waals surface area (Å²) < 4.78 is 0. The molecule has 1 heterocycles. The molecule has 2 fully saturated rings. The predicted octanol–water partition coefficient (Wildman–Crippen LogP) is -4.86. The van der Waals surface area contributed by atoms with E-state index < -0.39 is 54.6 Å². The first-order valence-corrected chi connectivity index (χ1v) is 11.0. The van der Waals surface area contributed by atoms with Gasteiger partial charge in [-0.25, -0.2) is 0 Å². The molecule has 0 aromatic heterocycles. The van der Waals surface area contributed by atoms with Crippen LogP contribution in [0.5, 0.6) is 0 Å². The number of hydrogen-bond acceptors (Lipinski definition) is 11. The molecule has 0 N–H and O–H groups in total. The van der Waals surface area contributed by atoms with Crippen molar-refractivity contribution < 1.29 is 39.6 Å². The summed E-state index contributed by atoms with van der Waals surface area (Å²) in [5.41, 5.74) is -1.19. The van der Waals surface area contributed by atoms with Crippen molar-refractivity contribution in [1.82, 2.24) is 14.7 Å². The second kappa shape index (κ2) is 10.6. The standard InChI is InChI=1S/C21H35N3O8/c1-4-21(22(9-17(25)26)10-18(27)28)11-23(13(2)19(29)30)15-7-5-6-8-16(15)24(12-21)14(3)20(31)32/h13-16H,4-12H2,1-3H3,(H,25,26)(H,27,28)(H,29,30)(H,31,32)/p-4. The Bertz CT molecular complexity index is 676. The molecule has 4 unspecified atom stereocenters. The summed E-state index contributed by atoms with van der Waals surface area (Å²) in [5, 5.41) is 46.6. The minimum absolute atomic E-state index is 0.0244. The summed E-state index contributed by atoms with van der Waals surface area (Å²) in [7, 11) is 0. The van der Waals surface area contributed by atoms with Crippen LogP contribution in [0.25, 0.3) is 0 Å². The zero-order valence-electron chi connectivity index (χ0n) is 18.8. The lowest BCUT2D eigenvalue weighted by atomic mass is 9.87. The van der Waals surface area contributed by atoms with Crippen LogP contribution < -0.4 is 20.4 Å². The molecule has 0 aromatic rings. The molecule has 32 heavy (non-hydrogen) atoms. The average molecular weight is 453 g/mol. The summed E-state index contributed by atoms with van der Waals surface area (Å²) in [6, 6.07) is -2.73. The Hall–Kier alpha value is -2.24. The van der Waals surface area contributed by atoms with Gasteiger partial charge < -0.3 is 39.6 Å². The molecule has 0 radical (unpaired) electrons. The van der Waals surface area contributed by atoms with Crippen LogP contribution in [0.1, 0.15) is 52.9 Å². The molecule has 2 aliphatic rings. The third kappa shape index (κ3) is 5.57. The first-order chi connectivity index (χ1) is 14.9. The molecule has 11 nitrogen and oxygen atoms in total. The molecule has 11 heteroatoms. The minimum Gasteiger partial charge on any atom is -0.549 e. The Labute approximate surface area is 187 Å². The van der Waals surface area contributed by atoms with Crippen LogP contribution in [0.2, 0.25) is 0 Å². The second-order valence-corrected chi connectivity index (χ2v) is 8.93. The highest BCUT2D eigenvalue weighted by atomic mass is 16.4. The Balaban J connectivity index is 2.66. The molecule has 2 rings (SSSR count). The van der Waals surface area contributed by atoms with Gasteiger partial charge in [0.2, 0.25) is 0 Å². The van der Waals surface area contributed by atoms with E-state index in [4.69, 9.17) is 0 Å². The number of aliphatic carboxylic acids is 4. The van der Waals surface area contributed by atoms with Crippen LogP contribution in [0.3, 0.4) is 0 Å². The van der Waals surface area contributed by atoms with Crippen molar-refractivity contribution in [2.24, 2.45) is 0 Å². The largest absolute Gasteiger partial charge is 0.549 e. The molecule has 0 aromatic carbocycles. The Morgan fingerprint density at radius 1 is 0.844 bits per heavy atom. The number of carbonyl (C=O) groups excluding carboxylic acids is 4. The van der Waals surface area contributed by atoms with Gasteiger partial charge >= 0.3 is 0 Å². The average Bonchev–Trinajstić information content (AvgIpc) is 2.87. The molecule has 1 aliphatic heterocycles. The third-order valence-electron chi connectivity index (χ3n) is 7.15. The van der Waals surface area contributed by atoms with Crippen molar-refractivity contribution in [2.75, 3.05) is 26.2 Å². The maximum absolute atomic E-state index is 11.8. The fraction of sp³-hybridized carbons (Fsp3) is 0.810. The van der Waals surface area contributed by atoms with Gasteiger partial charge in [-0.1, -0.05) is 19.8 Å². The summed E-state index contributed by atoms with van der Waals surface area (Å²) in [4.78, 5) is 51.2. The van der Waals surface area contributed by atoms with Crippen LogP contribution in [-0.2, 0) is 19.2 Å². The molecule has 1 saturated carbocycles. The van der Waals surface area contributed by atoms with Crippen molar-refractivity contribution in [3.8, 4) is 0 Å². The molecule has 0 bridgehead atoms. The van der Waals surface area contributed by atoms with Crippen molar-refractivity contribution in [2.45, 2.75) is 82.6 Å². The first-order valence-electron chi connectivity index (χ1n) is 11.0. The van der Waals surface area contributed by atoms with Gasteiger partial charge in [0.15, 0.2) is 0 Å². The van der Waals surface area contributed by atoms with Gasteiger partial charge in [-0.2, -0.15) is 0 Å². The molecule has 4 atom stereocenters. The molecule has 0 spiro atoms. The summed E-state index contributed by atoms with van der Waals surface area (Å²) >= 11 is 0. The van der Waals surface area contributed by atoms with Gasteiger partial charge in [-0.3, -0.25) is 14.7 Å². The van der Waals surface area contributed by atoms with Crippen LogP contribution in [0.15, 0.2) is 0 Å². The lowest BCUT2D eigenvalue weighted by molar-refractivity contribution is -0.316. The van der Waals surface area contributed by atoms with Gasteiger partial charge in [0.1, 0.15) is 0 Å². The lowest BCUT2D eigenvalue weighted by Crippen LogP contribution is -2.65.